The maximum atomic E-state index is 12.2. The molecule has 0 aromatic rings. The number of fused-ring (bicyclic) bond motifs is 5. The molecular formula is C28H48O5. The fourth-order valence-electron chi connectivity index (χ4n) is 9.01. The minimum absolute atomic E-state index is 0.106. The Hall–Kier alpha value is -0.650. The lowest BCUT2D eigenvalue weighted by molar-refractivity contribution is -0.207. The van der Waals surface area contributed by atoms with Crippen molar-refractivity contribution in [2.75, 3.05) is 6.61 Å². The highest BCUT2D eigenvalue weighted by Gasteiger charge is 2.65. The van der Waals surface area contributed by atoms with Gasteiger partial charge in [-0.15, -0.1) is 0 Å². The summed E-state index contributed by atoms with van der Waals surface area (Å²) in [5.41, 5.74) is -0.101. The van der Waals surface area contributed by atoms with Crippen LogP contribution in [0.4, 0.5) is 0 Å². The van der Waals surface area contributed by atoms with Gasteiger partial charge in [-0.05, 0) is 104 Å². The molecule has 5 nitrogen and oxygen atoms in total. The van der Waals surface area contributed by atoms with E-state index in [2.05, 4.69) is 20.8 Å². The predicted octanol–water partition coefficient (Wildman–Crippen LogP) is 4.56. The minimum Gasteiger partial charge on any atom is -0.465 e. The number of carbonyl (C=O) groups is 1. The van der Waals surface area contributed by atoms with Crippen LogP contribution in [0.5, 0.6) is 0 Å². The van der Waals surface area contributed by atoms with Crippen LogP contribution in [0.25, 0.3) is 0 Å². The van der Waals surface area contributed by atoms with Crippen molar-refractivity contribution in [3.8, 4) is 0 Å². The van der Waals surface area contributed by atoms with E-state index < -0.39 is 0 Å². The molecular weight excluding hydrogens is 416 g/mol. The van der Waals surface area contributed by atoms with E-state index in [4.69, 9.17) is 4.74 Å². The zero-order valence-corrected chi connectivity index (χ0v) is 21.5. The predicted molar refractivity (Wildman–Crippen MR) is 128 cm³/mol. The first kappa shape index (κ1) is 25.4. The molecule has 5 heteroatoms. The number of hydrogen-bond acceptors (Lipinski definition) is 5. The summed E-state index contributed by atoms with van der Waals surface area (Å²) < 4.78 is 5.38. The molecule has 4 saturated carbocycles. The van der Waals surface area contributed by atoms with Crippen molar-refractivity contribution in [1.29, 1.82) is 0 Å². The molecule has 4 rings (SSSR count). The average molecular weight is 465 g/mol. The van der Waals surface area contributed by atoms with E-state index in [9.17, 15) is 20.1 Å². The van der Waals surface area contributed by atoms with Crippen molar-refractivity contribution in [3.05, 3.63) is 0 Å². The molecule has 4 aliphatic carbocycles. The van der Waals surface area contributed by atoms with Gasteiger partial charge < -0.3 is 20.1 Å². The molecule has 4 aliphatic rings. The third-order valence-corrected chi connectivity index (χ3v) is 10.9. The highest BCUT2D eigenvalue weighted by Crippen LogP contribution is 2.68. The van der Waals surface area contributed by atoms with Crippen LogP contribution in [-0.4, -0.2) is 46.2 Å². The van der Waals surface area contributed by atoms with Gasteiger partial charge in [0.05, 0.1) is 24.9 Å². The summed E-state index contributed by atoms with van der Waals surface area (Å²) in [6.07, 6.45) is 6.60. The zero-order valence-electron chi connectivity index (χ0n) is 21.5. The summed E-state index contributed by atoms with van der Waals surface area (Å²) in [7, 11) is 0. The van der Waals surface area contributed by atoms with Gasteiger partial charge in [0.25, 0.3) is 0 Å². The van der Waals surface area contributed by atoms with Crippen molar-refractivity contribution in [2.24, 2.45) is 52.3 Å². The van der Waals surface area contributed by atoms with Gasteiger partial charge in [0, 0.05) is 6.42 Å². The van der Waals surface area contributed by atoms with Gasteiger partial charge in [-0.3, -0.25) is 4.79 Å². The molecule has 0 heterocycles. The van der Waals surface area contributed by atoms with Crippen molar-refractivity contribution in [1.82, 2.24) is 0 Å². The quantitative estimate of drug-likeness (QED) is 0.502. The van der Waals surface area contributed by atoms with Crippen molar-refractivity contribution in [2.45, 2.75) is 111 Å². The first-order valence-corrected chi connectivity index (χ1v) is 13.7. The fourth-order valence-corrected chi connectivity index (χ4v) is 9.01. The molecule has 3 N–H and O–H groups in total. The Kier molecular flexibility index (Phi) is 7.27. The van der Waals surface area contributed by atoms with Gasteiger partial charge in [0.1, 0.15) is 0 Å². The number of carbonyl (C=O) groups excluding carboxylic acids is 1. The minimum atomic E-state index is -0.374. The van der Waals surface area contributed by atoms with Gasteiger partial charge in [-0.2, -0.15) is 0 Å². The monoisotopic (exact) mass is 464 g/mol. The molecule has 4 fully saturated rings. The van der Waals surface area contributed by atoms with Crippen LogP contribution >= 0.6 is 0 Å². The van der Waals surface area contributed by atoms with Gasteiger partial charge in [-0.1, -0.05) is 34.6 Å². The van der Waals surface area contributed by atoms with Crippen LogP contribution in [0.3, 0.4) is 0 Å². The molecule has 0 aromatic carbocycles. The summed E-state index contributed by atoms with van der Waals surface area (Å²) >= 11 is 0. The van der Waals surface area contributed by atoms with Crippen LogP contribution in [0.1, 0.15) is 92.4 Å². The van der Waals surface area contributed by atoms with E-state index in [1.54, 1.807) is 0 Å². The molecule has 0 radical (unpaired) electrons. The number of hydrogen-bond donors (Lipinski definition) is 3. The van der Waals surface area contributed by atoms with Crippen LogP contribution in [0.2, 0.25) is 0 Å². The second kappa shape index (κ2) is 9.43. The van der Waals surface area contributed by atoms with E-state index in [0.717, 1.165) is 51.4 Å². The van der Waals surface area contributed by atoms with Gasteiger partial charge in [-0.25, -0.2) is 0 Å². The first-order valence-electron chi connectivity index (χ1n) is 13.7. The number of aliphatic hydroxyl groups excluding tert-OH is 3. The summed E-state index contributed by atoms with van der Waals surface area (Å²) in [6.45, 7) is 11.5. The molecule has 0 unspecified atom stereocenters. The Labute approximate surface area is 200 Å². The molecule has 190 valence electrons. The molecule has 0 amide bonds. The number of aliphatic hydroxyl groups is 3. The molecule has 33 heavy (non-hydrogen) atoms. The van der Waals surface area contributed by atoms with E-state index in [1.165, 1.54) is 0 Å². The Balaban J connectivity index is 1.48. The molecule has 0 spiro atoms. The maximum Gasteiger partial charge on any atom is 0.305 e. The van der Waals surface area contributed by atoms with Crippen LogP contribution in [0.15, 0.2) is 0 Å². The summed E-state index contributed by atoms with van der Waals surface area (Å²) in [4.78, 5) is 12.2. The molecule has 0 bridgehead atoms. The highest BCUT2D eigenvalue weighted by molar-refractivity contribution is 5.69. The SMILES string of the molecule is CC(C)COC(=O)CC[C@@H](C)[C@H]1CC[C@H]2[C@@H]3[C@H](O)C[C@@H]4C[C@H](O)CC[C@]4(C)[C@H]3C[C@H](O)[C@]12C. The Morgan fingerprint density at radius 3 is 2.42 bits per heavy atom. The Morgan fingerprint density at radius 2 is 1.73 bits per heavy atom. The van der Waals surface area contributed by atoms with Crippen LogP contribution in [-0.2, 0) is 9.53 Å². The lowest BCUT2D eigenvalue weighted by atomic mass is 9.43. The van der Waals surface area contributed by atoms with Crippen molar-refractivity contribution < 1.29 is 24.9 Å². The summed E-state index contributed by atoms with van der Waals surface area (Å²) in [5.74, 6) is 2.18. The second-order valence-corrected chi connectivity index (χ2v) is 13.1. The highest BCUT2D eigenvalue weighted by atomic mass is 16.5. The Morgan fingerprint density at radius 1 is 1.00 bits per heavy atom. The summed E-state index contributed by atoms with van der Waals surface area (Å²) in [6, 6.07) is 0. The number of esters is 1. The summed E-state index contributed by atoms with van der Waals surface area (Å²) in [5, 5.41) is 33.3. The Bertz CT molecular complexity index is 708. The van der Waals surface area contributed by atoms with E-state index in [0.29, 0.717) is 48.5 Å². The largest absolute Gasteiger partial charge is 0.465 e. The molecule has 0 saturated heterocycles. The van der Waals surface area contributed by atoms with Crippen molar-refractivity contribution in [3.63, 3.8) is 0 Å². The average Bonchev–Trinajstić information content (AvgIpc) is 3.11. The van der Waals surface area contributed by atoms with Crippen molar-refractivity contribution >= 4 is 5.97 Å². The van der Waals surface area contributed by atoms with Gasteiger partial charge in [0.15, 0.2) is 0 Å². The lowest BCUT2D eigenvalue weighted by Crippen LogP contribution is -2.62. The van der Waals surface area contributed by atoms with E-state index >= 15 is 0 Å². The normalized spacial score (nSPS) is 48.0. The third-order valence-electron chi connectivity index (χ3n) is 10.9. The smallest absolute Gasteiger partial charge is 0.305 e. The molecule has 11 atom stereocenters. The van der Waals surface area contributed by atoms with Crippen LogP contribution in [0, 0.1) is 52.3 Å². The topological polar surface area (TPSA) is 87.0 Å². The van der Waals surface area contributed by atoms with E-state index in [-0.39, 0.29) is 41.0 Å². The standard InChI is InChI=1S/C28H48O5/c1-16(2)15-33-25(32)9-6-17(3)20-7-8-21-26-22(14-24(31)28(20,21)5)27(4)11-10-19(29)12-18(27)13-23(26)30/h16-24,26,29-31H,6-15H2,1-5H3/t17-,18+,19-,20-,21+,22+,23-,24+,26+,27+,28-/m1/s1. The number of ether oxygens (including phenoxy) is 1. The second-order valence-electron chi connectivity index (χ2n) is 13.1. The number of rotatable bonds is 6. The maximum absolute atomic E-state index is 12.2. The van der Waals surface area contributed by atoms with Crippen LogP contribution < -0.4 is 0 Å². The first-order chi connectivity index (χ1) is 15.5. The molecule has 0 aliphatic heterocycles. The van der Waals surface area contributed by atoms with Gasteiger partial charge in [0.2, 0.25) is 0 Å². The fraction of sp³-hybridized carbons (Fsp3) is 0.964. The van der Waals surface area contributed by atoms with E-state index in [1.807, 2.05) is 13.8 Å². The van der Waals surface area contributed by atoms with Gasteiger partial charge >= 0.3 is 5.97 Å². The lowest BCUT2D eigenvalue weighted by Gasteiger charge is -2.63. The molecule has 0 aromatic heterocycles. The third kappa shape index (κ3) is 4.40. The zero-order chi connectivity index (χ0) is 24.1.